The number of aliphatic hydroxyl groups is 1. The van der Waals surface area contributed by atoms with Gasteiger partial charge in [0.05, 0.1) is 22.8 Å². The van der Waals surface area contributed by atoms with Gasteiger partial charge in [0.2, 0.25) is 0 Å². The Kier molecular flexibility index (Phi) is 6.01. The van der Waals surface area contributed by atoms with Crippen molar-refractivity contribution in [1.82, 2.24) is 9.55 Å². The summed E-state index contributed by atoms with van der Waals surface area (Å²) >= 11 is 0. The van der Waals surface area contributed by atoms with Gasteiger partial charge in [0.25, 0.3) is 0 Å². The topological polar surface area (TPSA) is 47.3 Å². The molecular formula is C25H21F3N2O2. The van der Waals surface area contributed by atoms with Gasteiger partial charge in [0.15, 0.2) is 6.61 Å². The highest BCUT2D eigenvalue weighted by molar-refractivity contribution is 5.82. The van der Waals surface area contributed by atoms with Gasteiger partial charge >= 0.3 is 6.18 Å². The van der Waals surface area contributed by atoms with Crippen molar-refractivity contribution in [2.24, 2.45) is 0 Å². The van der Waals surface area contributed by atoms with Crippen LogP contribution in [0.5, 0.6) is 5.75 Å². The number of nitrogens with zero attached hydrogens (tertiary/aromatic N) is 2. The number of rotatable bonds is 6. The summed E-state index contributed by atoms with van der Waals surface area (Å²) in [6.07, 6.45) is -1.37. The van der Waals surface area contributed by atoms with Crippen LogP contribution in [0.15, 0.2) is 72.8 Å². The van der Waals surface area contributed by atoms with Gasteiger partial charge < -0.3 is 9.84 Å². The largest absolute Gasteiger partial charge is 0.484 e. The third kappa shape index (κ3) is 4.84. The number of hydrogen-bond acceptors (Lipinski definition) is 3. The summed E-state index contributed by atoms with van der Waals surface area (Å²) in [6.45, 7) is 0.394. The lowest BCUT2D eigenvalue weighted by molar-refractivity contribution is -0.153. The van der Waals surface area contributed by atoms with Crippen LogP contribution >= 0.6 is 0 Å². The van der Waals surface area contributed by atoms with Crippen molar-refractivity contribution in [3.8, 4) is 11.4 Å². The SMILES string of the molecule is CC(O)c1ccccc1-n1c(/C=C/c2ccc(OCC(F)(F)F)cc2)nc2ccccc21. The Bertz CT molecular complexity index is 1240. The normalized spacial score (nSPS) is 13.0. The minimum atomic E-state index is -4.37. The molecule has 1 aromatic heterocycles. The molecule has 0 radical (unpaired) electrons. The van der Waals surface area contributed by atoms with Crippen LogP contribution in [0.25, 0.3) is 28.9 Å². The number of halogens is 3. The van der Waals surface area contributed by atoms with Crippen molar-refractivity contribution in [3.63, 3.8) is 0 Å². The van der Waals surface area contributed by atoms with Crippen molar-refractivity contribution in [3.05, 3.63) is 89.7 Å². The van der Waals surface area contributed by atoms with Gasteiger partial charge in [-0.1, -0.05) is 48.5 Å². The van der Waals surface area contributed by atoms with Crippen LogP contribution in [0, 0.1) is 0 Å². The lowest BCUT2D eigenvalue weighted by Gasteiger charge is -2.15. The molecule has 4 aromatic rings. The smallest absolute Gasteiger partial charge is 0.422 e. The molecule has 1 atom stereocenters. The van der Waals surface area contributed by atoms with Gasteiger partial charge in [-0.05, 0) is 48.9 Å². The van der Waals surface area contributed by atoms with E-state index in [2.05, 4.69) is 0 Å². The van der Waals surface area contributed by atoms with Gasteiger partial charge in [-0.2, -0.15) is 13.2 Å². The number of hydrogen-bond donors (Lipinski definition) is 1. The van der Waals surface area contributed by atoms with Crippen molar-refractivity contribution in [1.29, 1.82) is 0 Å². The molecule has 4 nitrogen and oxygen atoms in total. The van der Waals surface area contributed by atoms with E-state index in [0.717, 1.165) is 27.8 Å². The number of aliphatic hydroxyl groups excluding tert-OH is 1. The van der Waals surface area contributed by atoms with Crippen LogP contribution in [0.3, 0.4) is 0 Å². The number of alkyl halides is 3. The summed E-state index contributed by atoms with van der Waals surface area (Å²) in [6, 6.07) is 21.7. The van der Waals surface area contributed by atoms with E-state index in [1.54, 1.807) is 19.1 Å². The van der Waals surface area contributed by atoms with E-state index in [9.17, 15) is 18.3 Å². The zero-order valence-corrected chi connectivity index (χ0v) is 17.3. The molecular weight excluding hydrogens is 417 g/mol. The third-order valence-electron chi connectivity index (χ3n) is 4.92. The number of imidazole rings is 1. The minimum Gasteiger partial charge on any atom is -0.484 e. The molecule has 0 aliphatic heterocycles. The Balaban J connectivity index is 1.69. The summed E-state index contributed by atoms with van der Waals surface area (Å²) in [5.74, 6) is 0.814. The maximum absolute atomic E-state index is 12.3. The van der Waals surface area contributed by atoms with Crippen molar-refractivity contribution < 1.29 is 23.0 Å². The quantitative estimate of drug-likeness (QED) is 0.390. The number of fused-ring (bicyclic) bond motifs is 1. The molecule has 3 aromatic carbocycles. The lowest BCUT2D eigenvalue weighted by Crippen LogP contribution is -2.19. The van der Waals surface area contributed by atoms with E-state index in [1.165, 1.54) is 12.1 Å². The van der Waals surface area contributed by atoms with Crippen molar-refractivity contribution in [2.75, 3.05) is 6.61 Å². The van der Waals surface area contributed by atoms with Crippen LogP contribution in [0.4, 0.5) is 13.2 Å². The molecule has 0 fully saturated rings. The molecule has 1 heterocycles. The molecule has 4 rings (SSSR count). The molecule has 1 N–H and O–H groups in total. The average molecular weight is 438 g/mol. The minimum absolute atomic E-state index is 0.151. The fraction of sp³-hybridized carbons (Fsp3) is 0.160. The highest BCUT2D eigenvalue weighted by Gasteiger charge is 2.28. The van der Waals surface area contributed by atoms with Crippen LogP contribution in [-0.2, 0) is 0 Å². The predicted octanol–water partition coefficient (Wildman–Crippen LogP) is 6.19. The molecule has 0 amide bonds. The Morgan fingerprint density at radius 2 is 1.66 bits per heavy atom. The maximum Gasteiger partial charge on any atom is 0.422 e. The molecule has 1 unspecified atom stereocenters. The van der Waals surface area contributed by atoms with Crippen LogP contribution < -0.4 is 4.74 Å². The average Bonchev–Trinajstić information content (AvgIpc) is 3.14. The van der Waals surface area contributed by atoms with Gasteiger partial charge in [0, 0.05) is 5.56 Å². The number of para-hydroxylation sites is 3. The Morgan fingerprint density at radius 3 is 2.38 bits per heavy atom. The molecule has 0 aliphatic rings. The first-order valence-corrected chi connectivity index (χ1v) is 10.0. The first-order valence-electron chi connectivity index (χ1n) is 10.0. The summed E-state index contributed by atoms with van der Waals surface area (Å²) in [5, 5.41) is 10.3. The highest BCUT2D eigenvalue weighted by atomic mass is 19.4. The van der Waals surface area contributed by atoms with Crippen LogP contribution in [0.2, 0.25) is 0 Å². The standard InChI is InChI=1S/C25H21F3N2O2/c1-17(31)20-6-2-4-8-22(20)30-23-9-5-3-7-21(23)29-24(30)15-12-18-10-13-19(14-11-18)32-16-25(26,27)28/h2-15,17,31H,16H2,1H3/b15-12+. The van der Waals surface area contributed by atoms with Gasteiger partial charge in [-0.25, -0.2) is 4.98 Å². The van der Waals surface area contributed by atoms with E-state index in [-0.39, 0.29) is 5.75 Å². The third-order valence-corrected chi connectivity index (χ3v) is 4.92. The monoisotopic (exact) mass is 438 g/mol. The zero-order valence-electron chi connectivity index (χ0n) is 17.3. The molecule has 32 heavy (non-hydrogen) atoms. The van der Waals surface area contributed by atoms with Crippen molar-refractivity contribution >= 4 is 23.2 Å². The maximum atomic E-state index is 12.3. The molecule has 0 saturated heterocycles. The van der Waals surface area contributed by atoms with Crippen LogP contribution in [0.1, 0.15) is 30.0 Å². The van der Waals surface area contributed by atoms with Crippen molar-refractivity contribution in [2.45, 2.75) is 19.2 Å². The Hall–Kier alpha value is -3.58. The molecule has 164 valence electrons. The second kappa shape index (κ2) is 8.88. The summed E-state index contributed by atoms with van der Waals surface area (Å²) in [5.41, 5.74) is 4.09. The fourth-order valence-electron chi connectivity index (χ4n) is 3.47. The first-order chi connectivity index (χ1) is 15.3. The molecule has 7 heteroatoms. The number of aromatic nitrogens is 2. The second-order valence-electron chi connectivity index (χ2n) is 7.34. The predicted molar refractivity (Wildman–Crippen MR) is 119 cm³/mol. The molecule has 0 saturated carbocycles. The zero-order chi connectivity index (χ0) is 22.7. The fourth-order valence-corrected chi connectivity index (χ4v) is 3.47. The second-order valence-corrected chi connectivity index (χ2v) is 7.34. The molecule has 0 bridgehead atoms. The first kappa shape index (κ1) is 21.6. The summed E-state index contributed by atoms with van der Waals surface area (Å²) < 4.78 is 43.7. The summed E-state index contributed by atoms with van der Waals surface area (Å²) in [7, 11) is 0. The van der Waals surface area contributed by atoms with Gasteiger partial charge in [-0.3, -0.25) is 4.57 Å². The highest BCUT2D eigenvalue weighted by Crippen LogP contribution is 2.28. The lowest BCUT2D eigenvalue weighted by atomic mass is 10.1. The van der Waals surface area contributed by atoms with Crippen LogP contribution in [-0.4, -0.2) is 27.4 Å². The van der Waals surface area contributed by atoms with E-state index in [0.29, 0.717) is 5.82 Å². The van der Waals surface area contributed by atoms with E-state index in [1.807, 2.05) is 65.3 Å². The van der Waals surface area contributed by atoms with Gasteiger partial charge in [-0.15, -0.1) is 0 Å². The molecule has 0 aliphatic carbocycles. The Morgan fingerprint density at radius 1 is 0.969 bits per heavy atom. The van der Waals surface area contributed by atoms with E-state index in [4.69, 9.17) is 9.72 Å². The Labute approximate surface area is 183 Å². The van der Waals surface area contributed by atoms with Gasteiger partial charge in [0.1, 0.15) is 11.6 Å². The number of ether oxygens (including phenoxy) is 1. The van der Waals surface area contributed by atoms with E-state index < -0.39 is 18.9 Å². The van der Waals surface area contributed by atoms with E-state index >= 15 is 0 Å². The summed E-state index contributed by atoms with van der Waals surface area (Å²) in [4.78, 5) is 4.72. The molecule has 0 spiro atoms. The number of benzene rings is 3.